The van der Waals surface area contributed by atoms with Crippen molar-refractivity contribution in [2.75, 3.05) is 20.1 Å². The molecule has 7 nitrogen and oxygen atoms in total. The molecule has 7 heteroatoms. The highest BCUT2D eigenvalue weighted by atomic mass is 16.4. The first-order valence-electron chi connectivity index (χ1n) is 11.9. The topological polar surface area (TPSA) is 90.0 Å². The third kappa shape index (κ3) is 7.91. The summed E-state index contributed by atoms with van der Waals surface area (Å²) < 4.78 is 0. The summed E-state index contributed by atoms with van der Waals surface area (Å²) in [5.74, 6) is -0.810. The van der Waals surface area contributed by atoms with E-state index < -0.39 is 17.4 Å². The molecular weight excluding hydrogens is 406 g/mol. The van der Waals surface area contributed by atoms with Crippen LogP contribution in [0.2, 0.25) is 0 Å². The second-order valence-electron chi connectivity index (χ2n) is 11.0. The number of amides is 2. The average Bonchev–Trinajstić information content (AvgIpc) is 2.67. The summed E-state index contributed by atoms with van der Waals surface area (Å²) in [6.07, 6.45) is 4.52. The lowest BCUT2D eigenvalue weighted by atomic mass is 9.84. The molecule has 0 aromatic rings. The van der Waals surface area contributed by atoms with Crippen LogP contribution in [0.1, 0.15) is 74.7 Å². The highest BCUT2D eigenvalue weighted by molar-refractivity contribution is 5.91. The summed E-state index contributed by atoms with van der Waals surface area (Å²) in [6.45, 7) is 17.3. The number of hydrogen-bond acceptors (Lipinski definition) is 4. The van der Waals surface area contributed by atoms with Crippen LogP contribution >= 0.6 is 0 Å². The van der Waals surface area contributed by atoms with Crippen molar-refractivity contribution in [2.24, 2.45) is 17.3 Å². The van der Waals surface area contributed by atoms with Crippen LogP contribution in [-0.2, 0) is 14.4 Å². The Morgan fingerprint density at radius 1 is 1.16 bits per heavy atom. The maximum absolute atomic E-state index is 13.6. The summed E-state index contributed by atoms with van der Waals surface area (Å²) >= 11 is 0. The smallest absolute Gasteiger partial charge is 0.331 e. The van der Waals surface area contributed by atoms with E-state index in [0.29, 0.717) is 5.92 Å². The van der Waals surface area contributed by atoms with Crippen LogP contribution in [-0.4, -0.2) is 71.0 Å². The van der Waals surface area contributed by atoms with Crippen molar-refractivity contribution in [3.8, 4) is 0 Å². The molecule has 32 heavy (non-hydrogen) atoms. The standard InChI is InChI=1S/C25H45N3O4/c1-16(2)15-28-13-11-10-12-19(28)22(29)26-21(25(6,7)8)23(30)27(9)20(17(3)4)14-18(5)24(31)32/h14,16-17,19-21H,10-13,15H2,1-9H3,(H,26,29)(H,31,32)/t19-,20-,21-/m1/s1. The Morgan fingerprint density at radius 3 is 2.22 bits per heavy atom. The highest BCUT2D eigenvalue weighted by Gasteiger charge is 2.39. The number of piperidine rings is 1. The number of likely N-dealkylation sites (N-methyl/N-ethyl adjacent to an activating group) is 1. The monoisotopic (exact) mass is 451 g/mol. The SMILES string of the molecule is CC(=C[C@H](C(C)C)N(C)C(=O)[C@@H](NC(=O)[C@H]1CCCCN1CC(C)C)C(C)(C)C)C(=O)O. The van der Waals surface area contributed by atoms with Gasteiger partial charge in [-0.3, -0.25) is 14.5 Å². The molecule has 1 rings (SSSR count). The lowest BCUT2D eigenvalue weighted by Crippen LogP contribution is -2.60. The van der Waals surface area contributed by atoms with Crippen LogP contribution in [0.3, 0.4) is 0 Å². The van der Waals surface area contributed by atoms with Crippen molar-refractivity contribution in [1.82, 2.24) is 15.1 Å². The van der Waals surface area contributed by atoms with E-state index in [-0.39, 0.29) is 35.4 Å². The van der Waals surface area contributed by atoms with Crippen molar-refractivity contribution in [3.05, 3.63) is 11.6 Å². The molecular formula is C25H45N3O4. The van der Waals surface area contributed by atoms with E-state index >= 15 is 0 Å². The first-order valence-corrected chi connectivity index (χ1v) is 11.9. The van der Waals surface area contributed by atoms with Crippen LogP contribution in [0.25, 0.3) is 0 Å². The van der Waals surface area contributed by atoms with Gasteiger partial charge in [0, 0.05) is 19.2 Å². The van der Waals surface area contributed by atoms with Crippen LogP contribution in [0.4, 0.5) is 0 Å². The van der Waals surface area contributed by atoms with Gasteiger partial charge in [-0.1, -0.05) is 61.0 Å². The second-order valence-corrected chi connectivity index (χ2v) is 11.0. The molecule has 0 aliphatic carbocycles. The van der Waals surface area contributed by atoms with E-state index in [2.05, 4.69) is 24.1 Å². The molecule has 1 aliphatic heterocycles. The molecule has 0 aromatic carbocycles. The van der Waals surface area contributed by atoms with Gasteiger partial charge in [-0.25, -0.2) is 4.79 Å². The molecule has 0 saturated carbocycles. The molecule has 0 spiro atoms. The van der Waals surface area contributed by atoms with Gasteiger partial charge in [0.05, 0.1) is 12.1 Å². The summed E-state index contributed by atoms with van der Waals surface area (Å²) in [5.41, 5.74) is -0.294. The number of carbonyl (C=O) groups is 3. The largest absolute Gasteiger partial charge is 0.478 e. The maximum Gasteiger partial charge on any atom is 0.331 e. The number of carboxylic acid groups (broad SMARTS) is 1. The summed E-state index contributed by atoms with van der Waals surface area (Å²) in [7, 11) is 1.69. The van der Waals surface area contributed by atoms with Crippen LogP contribution in [0.15, 0.2) is 11.6 Å². The van der Waals surface area contributed by atoms with Gasteiger partial charge < -0.3 is 15.3 Å². The number of likely N-dealkylation sites (tertiary alicyclic amines) is 1. The van der Waals surface area contributed by atoms with Crippen LogP contribution in [0.5, 0.6) is 0 Å². The van der Waals surface area contributed by atoms with Crippen molar-refractivity contribution in [3.63, 3.8) is 0 Å². The minimum absolute atomic E-state index is 0.0226. The van der Waals surface area contributed by atoms with Crippen LogP contribution in [0, 0.1) is 17.3 Å². The number of carboxylic acids is 1. The number of nitrogens with one attached hydrogen (secondary N) is 1. The van der Waals surface area contributed by atoms with Crippen molar-refractivity contribution in [1.29, 1.82) is 0 Å². The number of rotatable bonds is 9. The molecule has 0 unspecified atom stereocenters. The van der Waals surface area contributed by atoms with Gasteiger partial charge in [-0.15, -0.1) is 0 Å². The fourth-order valence-corrected chi connectivity index (χ4v) is 4.29. The van der Waals surface area contributed by atoms with E-state index in [4.69, 9.17) is 0 Å². The number of carbonyl (C=O) groups excluding carboxylic acids is 2. The summed E-state index contributed by atoms with van der Waals surface area (Å²) in [6, 6.07) is -1.31. The Morgan fingerprint density at radius 2 is 1.75 bits per heavy atom. The predicted octanol–water partition coefficient (Wildman–Crippen LogP) is 3.54. The Balaban J connectivity index is 3.13. The fraction of sp³-hybridized carbons (Fsp3) is 0.800. The van der Waals surface area contributed by atoms with Crippen LogP contribution < -0.4 is 5.32 Å². The molecule has 0 radical (unpaired) electrons. The Hall–Kier alpha value is -1.89. The molecule has 2 amide bonds. The minimum atomic E-state index is -1.00. The first-order chi connectivity index (χ1) is 14.7. The zero-order valence-electron chi connectivity index (χ0n) is 21.6. The van der Waals surface area contributed by atoms with Crippen molar-refractivity contribution in [2.45, 2.75) is 92.8 Å². The first kappa shape index (κ1) is 28.1. The average molecular weight is 452 g/mol. The third-order valence-corrected chi connectivity index (χ3v) is 6.15. The molecule has 1 heterocycles. The molecule has 1 aliphatic rings. The maximum atomic E-state index is 13.6. The Bertz CT molecular complexity index is 694. The van der Waals surface area contributed by atoms with Gasteiger partial charge in [0.15, 0.2) is 0 Å². The fourth-order valence-electron chi connectivity index (χ4n) is 4.29. The van der Waals surface area contributed by atoms with E-state index in [1.54, 1.807) is 18.0 Å². The van der Waals surface area contributed by atoms with Crippen molar-refractivity contribution < 1.29 is 19.5 Å². The number of aliphatic carboxylic acids is 1. The van der Waals surface area contributed by atoms with Gasteiger partial charge in [0.2, 0.25) is 11.8 Å². The van der Waals surface area contributed by atoms with Gasteiger partial charge in [0.25, 0.3) is 0 Å². The highest BCUT2D eigenvalue weighted by Crippen LogP contribution is 2.25. The zero-order valence-corrected chi connectivity index (χ0v) is 21.6. The molecule has 3 atom stereocenters. The molecule has 0 bridgehead atoms. The number of hydrogen-bond donors (Lipinski definition) is 2. The molecule has 184 valence electrons. The zero-order chi connectivity index (χ0) is 24.8. The normalized spacial score (nSPS) is 20.2. The Labute approximate surface area is 194 Å². The molecule has 1 saturated heterocycles. The molecule has 1 fully saturated rings. The minimum Gasteiger partial charge on any atom is -0.478 e. The van der Waals surface area contributed by atoms with Gasteiger partial charge in [0.1, 0.15) is 6.04 Å². The lowest BCUT2D eigenvalue weighted by Gasteiger charge is -2.40. The summed E-state index contributed by atoms with van der Waals surface area (Å²) in [5, 5.41) is 12.4. The molecule has 0 aromatic heterocycles. The van der Waals surface area contributed by atoms with Crippen molar-refractivity contribution >= 4 is 17.8 Å². The van der Waals surface area contributed by atoms with E-state index in [9.17, 15) is 19.5 Å². The molecule has 2 N–H and O–H groups in total. The van der Waals surface area contributed by atoms with E-state index in [0.717, 1.165) is 32.4 Å². The second kappa shape index (κ2) is 11.8. The predicted molar refractivity (Wildman–Crippen MR) is 128 cm³/mol. The third-order valence-electron chi connectivity index (χ3n) is 6.15. The van der Waals surface area contributed by atoms with E-state index in [1.807, 2.05) is 34.6 Å². The van der Waals surface area contributed by atoms with Gasteiger partial charge >= 0.3 is 5.97 Å². The van der Waals surface area contributed by atoms with E-state index in [1.165, 1.54) is 6.92 Å². The van der Waals surface area contributed by atoms with Gasteiger partial charge in [-0.05, 0) is 43.6 Å². The summed E-state index contributed by atoms with van der Waals surface area (Å²) in [4.78, 5) is 42.1. The number of nitrogens with zero attached hydrogens (tertiary/aromatic N) is 2. The van der Waals surface area contributed by atoms with Gasteiger partial charge in [-0.2, -0.15) is 0 Å². The Kier molecular flexibility index (Phi) is 10.4. The lowest BCUT2D eigenvalue weighted by molar-refractivity contribution is -0.142. The quantitative estimate of drug-likeness (QED) is 0.523.